The first-order valence-electron chi connectivity index (χ1n) is 10.5. The Labute approximate surface area is 168 Å². The van der Waals surface area contributed by atoms with Gasteiger partial charge in [0.05, 0.1) is 12.2 Å². The Morgan fingerprint density at radius 3 is 2.64 bits per heavy atom. The molecule has 1 fully saturated rings. The van der Waals surface area contributed by atoms with Gasteiger partial charge in [0.1, 0.15) is 11.6 Å². The van der Waals surface area contributed by atoms with Crippen molar-refractivity contribution in [3.8, 4) is 0 Å². The maximum Gasteiger partial charge on any atom is 0.128 e. The first kappa shape index (κ1) is 19.3. The summed E-state index contributed by atoms with van der Waals surface area (Å²) in [6, 6.07) is 4.36. The summed E-state index contributed by atoms with van der Waals surface area (Å²) in [6.07, 6.45) is 7.62. The number of pyridine rings is 1. The van der Waals surface area contributed by atoms with Gasteiger partial charge < -0.3 is 9.64 Å². The highest BCUT2D eigenvalue weighted by Gasteiger charge is 2.23. The second-order valence-corrected chi connectivity index (χ2v) is 8.16. The summed E-state index contributed by atoms with van der Waals surface area (Å²) in [5, 5.41) is 0. The molecular weight excluding hydrogens is 350 g/mol. The molecular formula is C22H31N5O. The number of aryl methyl sites for hydroxylation is 1. The largest absolute Gasteiger partial charge is 0.372 e. The van der Waals surface area contributed by atoms with Crippen LogP contribution in [-0.4, -0.2) is 51.7 Å². The van der Waals surface area contributed by atoms with E-state index in [0.717, 1.165) is 63.6 Å². The summed E-state index contributed by atoms with van der Waals surface area (Å²) in [5.41, 5.74) is 3.76. The third-order valence-electron chi connectivity index (χ3n) is 5.50. The molecule has 4 rings (SSSR count). The van der Waals surface area contributed by atoms with Crippen molar-refractivity contribution in [3.05, 3.63) is 47.2 Å². The van der Waals surface area contributed by atoms with Crippen LogP contribution in [0.2, 0.25) is 0 Å². The van der Waals surface area contributed by atoms with Gasteiger partial charge in [-0.25, -0.2) is 15.0 Å². The van der Waals surface area contributed by atoms with Gasteiger partial charge in [0.15, 0.2) is 0 Å². The number of ether oxygens (including phenoxy) is 1. The number of fused-ring (bicyclic) bond motifs is 1. The number of morpholine rings is 1. The molecule has 2 atom stereocenters. The van der Waals surface area contributed by atoms with Gasteiger partial charge >= 0.3 is 0 Å². The standard InChI is InChI=1S/C22H31N5O/c1-4-5-21-23-11-19-15-26(9-8-20(19)25-21)14-18-6-7-22(24-10-18)27-12-16(2)28-17(3)13-27/h6-7,10-11,16-17H,4-5,8-9,12-15H2,1-3H3. The van der Waals surface area contributed by atoms with Gasteiger partial charge in [-0.3, -0.25) is 4.90 Å². The highest BCUT2D eigenvalue weighted by atomic mass is 16.5. The molecule has 2 aliphatic heterocycles. The highest BCUT2D eigenvalue weighted by Crippen LogP contribution is 2.21. The van der Waals surface area contributed by atoms with E-state index in [-0.39, 0.29) is 12.2 Å². The maximum atomic E-state index is 5.83. The molecule has 150 valence electrons. The average molecular weight is 382 g/mol. The van der Waals surface area contributed by atoms with Gasteiger partial charge in [0, 0.05) is 69.2 Å². The van der Waals surface area contributed by atoms with E-state index < -0.39 is 0 Å². The van der Waals surface area contributed by atoms with Crippen LogP contribution in [-0.2, 0) is 30.7 Å². The number of nitrogens with zero attached hydrogens (tertiary/aromatic N) is 5. The van der Waals surface area contributed by atoms with Crippen LogP contribution >= 0.6 is 0 Å². The van der Waals surface area contributed by atoms with Crippen LogP contribution in [0.25, 0.3) is 0 Å². The maximum absolute atomic E-state index is 5.83. The quantitative estimate of drug-likeness (QED) is 0.794. The van der Waals surface area contributed by atoms with E-state index in [4.69, 9.17) is 14.7 Å². The number of hydrogen-bond donors (Lipinski definition) is 0. The molecule has 0 aliphatic carbocycles. The highest BCUT2D eigenvalue weighted by molar-refractivity contribution is 5.40. The molecule has 0 aromatic carbocycles. The van der Waals surface area contributed by atoms with Crippen molar-refractivity contribution in [2.75, 3.05) is 24.5 Å². The van der Waals surface area contributed by atoms with Crippen LogP contribution < -0.4 is 4.90 Å². The van der Waals surface area contributed by atoms with Crippen molar-refractivity contribution < 1.29 is 4.74 Å². The Morgan fingerprint density at radius 2 is 1.93 bits per heavy atom. The topological polar surface area (TPSA) is 54.4 Å². The monoisotopic (exact) mass is 381 g/mol. The predicted octanol–water partition coefficient (Wildman–Crippen LogP) is 3.00. The lowest BCUT2D eigenvalue weighted by atomic mass is 10.1. The van der Waals surface area contributed by atoms with Crippen molar-refractivity contribution >= 4 is 5.82 Å². The fourth-order valence-corrected chi connectivity index (χ4v) is 4.22. The molecule has 6 nitrogen and oxygen atoms in total. The summed E-state index contributed by atoms with van der Waals surface area (Å²) >= 11 is 0. The number of anilines is 1. The molecule has 2 aromatic rings. The first-order valence-corrected chi connectivity index (χ1v) is 10.5. The summed E-state index contributed by atoms with van der Waals surface area (Å²) in [5.74, 6) is 2.04. The van der Waals surface area contributed by atoms with Crippen molar-refractivity contribution in [1.82, 2.24) is 19.9 Å². The Morgan fingerprint density at radius 1 is 1.11 bits per heavy atom. The van der Waals surface area contributed by atoms with Gasteiger partial charge in [-0.1, -0.05) is 13.0 Å². The molecule has 0 amide bonds. The smallest absolute Gasteiger partial charge is 0.128 e. The van der Waals surface area contributed by atoms with E-state index in [1.165, 1.54) is 16.8 Å². The SMILES string of the molecule is CCCc1ncc2c(n1)CCN(Cc1ccc(N3CC(C)OC(C)C3)nc1)C2. The van der Waals surface area contributed by atoms with Crippen LogP contribution in [0.3, 0.4) is 0 Å². The number of hydrogen-bond acceptors (Lipinski definition) is 6. The number of aromatic nitrogens is 3. The van der Waals surface area contributed by atoms with Gasteiger partial charge in [0.25, 0.3) is 0 Å². The minimum Gasteiger partial charge on any atom is -0.372 e. The lowest BCUT2D eigenvalue weighted by Crippen LogP contribution is -2.45. The molecule has 2 aliphatic rings. The van der Waals surface area contributed by atoms with Gasteiger partial charge in [-0.15, -0.1) is 0 Å². The third kappa shape index (κ3) is 4.50. The fraction of sp³-hybridized carbons (Fsp3) is 0.591. The van der Waals surface area contributed by atoms with E-state index in [9.17, 15) is 0 Å². The molecule has 6 heteroatoms. The Hall–Kier alpha value is -2.05. The molecule has 1 saturated heterocycles. The normalized spacial score (nSPS) is 22.9. The van der Waals surface area contributed by atoms with Gasteiger partial charge in [0.2, 0.25) is 0 Å². The molecule has 0 bridgehead atoms. The van der Waals surface area contributed by atoms with Crippen LogP contribution in [0.1, 0.15) is 49.8 Å². The summed E-state index contributed by atoms with van der Waals surface area (Å²) < 4.78 is 5.83. The van der Waals surface area contributed by atoms with E-state index >= 15 is 0 Å². The first-order chi connectivity index (χ1) is 13.6. The molecule has 0 saturated carbocycles. The van der Waals surface area contributed by atoms with Crippen LogP contribution in [0.4, 0.5) is 5.82 Å². The molecule has 0 N–H and O–H groups in total. The predicted molar refractivity (Wildman–Crippen MR) is 110 cm³/mol. The molecule has 28 heavy (non-hydrogen) atoms. The molecule has 2 aromatic heterocycles. The molecule has 4 heterocycles. The van der Waals surface area contributed by atoms with Crippen molar-refractivity contribution in [3.63, 3.8) is 0 Å². The zero-order chi connectivity index (χ0) is 19.5. The van der Waals surface area contributed by atoms with E-state index in [0.29, 0.717) is 0 Å². The van der Waals surface area contributed by atoms with Gasteiger partial charge in [-0.2, -0.15) is 0 Å². The van der Waals surface area contributed by atoms with E-state index in [2.05, 4.69) is 47.7 Å². The van der Waals surface area contributed by atoms with E-state index in [1.54, 1.807) is 0 Å². The third-order valence-corrected chi connectivity index (χ3v) is 5.50. The van der Waals surface area contributed by atoms with Crippen molar-refractivity contribution in [2.45, 2.75) is 65.3 Å². The van der Waals surface area contributed by atoms with Crippen LogP contribution in [0.15, 0.2) is 24.5 Å². The Balaban J connectivity index is 1.37. The number of rotatable bonds is 5. The van der Waals surface area contributed by atoms with Gasteiger partial charge in [-0.05, 0) is 31.9 Å². The zero-order valence-electron chi connectivity index (χ0n) is 17.3. The van der Waals surface area contributed by atoms with Crippen LogP contribution in [0.5, 0.6) is 0 Å². The molecule has 0 spiro atoms. The summed E-state index contributed by atoms with van der Waals surface area (Å²) in [4.78, 5) is 18.8. The van der Waals surface area contributed by atoms with Crippen molar-refractivity contribution in [1.29, 1.82) is 0 Å². The lowest BCUT2D eigenvalue weighted by Gasteiger charge is -2.36. The summed E-state index contributed by atoms with van der Waals surface area (Å²) in [6.45, 7) is 11.1. The molecule has 2 unspecified atom stereocenters. The second kappa shape index (κ2) is 8.53. The minimum atomic E-state index is 0.249. The van der Waals surface area contributed by atoms with Crippen molar-refractivity contribution in [2.24, 2.45) is 0 Å². The lowest BCUT2D eigenvalue weighted by molar-refractivity contribution is -0.00546. The zero-order valence-corrected chi connectivity index (χ0v) is 17.3. The summed E-state index contributed by atoms with van der Waals surface area (Å²) in [7, 11) is 0. The molecule has 0 radical (unpaired) electrons. The van der Waals surface area contributed by atoms with E-state index in [1.807, 2.05) is 12.4 Å². The Kier molecular flexibility index (Phi) is 5.87. The minimum absolute atomic E-state index is 0.249. The fourth-order valence-electron chi connectivity index (χ4n) is 4.22. The van der Waals surface area contributed by atoms with Crippen LogP contribution in [0, 0.1) is 0 Å². The second-order valence-electron chi connectivity index (χ2n) is 8.16. The Bertz CT molecular complexity index is 784. The average Bonchev–Trinajstić information content (AvgIpc) is 2.68.